The predicted octanol–water partition coefficient (Wildman–Crippen LogP) is 6.15. The number of allylic oxidation sites excluding steroid dienone is 6. The molecule has 0 fully saturated rings. The molecule has 6 aliphatic rings. The topological polar surface area (TPSA) is 152 Å². The van der Waals surface area contributed by atoms with Crippen LogP contribution >= 0.6 is 22.7 Å². The third-order valence-electron chi connectivity index (χ3n) is 10.1. The lowest BCUT2D eigenvalue weighted by Crippen LogP contribution is -2.43. The van der Waals surface area contributed by atoms with Gasteiger partial charge in [-0.1, -0.05) is 34.8 Å². The molecule has 4 amide bonds. The number of likely N-dealkylation sites (N-methyl/N-ethyl adjacent to an activating group) is 2. The Morgan fingerprint density at radius 1 is 0.667 bits per heavy atom. The molecule has 16 heteroatoms. The zero-order chi connectivity index (χ0) is 38.8. The van der Waals surface area contributed by atoms with E-state index in [0.717, 1.165) is 30.7 Å². The molecule has 2 atom stereocenters. The van der Waals surface area contributed by atoms with Crippen molar-refractivity contribution in [3.8, 4) is 0 Å². The molecule has 54 heavy (non-hydrogen) atoms. The number of imide groups is 2. The molecular weight excluding hydrogens is 729 g/mol. The number of aliphatic imine (C=N–C) groups is 2. The predicted molar refractivity (Wildman–Crippen MR) is 200 cm³/mol. The van der Waals surface area contributed by atoms with Gasteiger partial charge in [0.05, 0.1) is 22.9 Å². The van der Waals surface area contributed by atoms with Crippen LogP contribution in [0.25, 0.3) is 20.8 Å². The zero-order valence-corrected chi connectivity index (χ0v) is 31.9. The SMILES string of the molecule is [C-]#[N+]C1=C(C)C(=Nc2nc3c(s2)C2=CC4C=C5OC(C)(C)c6nc(N=C7C(=O)N(C)C(=O)C([N+]#[C-])=C7C)sc6C5=CC4C=C2OC3(C)C)C(=O)N(C)C1=O. The highest BCUT2D eigenvalue weighted by Gasteiger charge is 2.45. The Morgan fingerprint density at radius 2 is 1.04 bits per heavy atom. The second-order valence-corrected chi connectivity index (χ2v) is 16.3. The molecule has 6 heterocycles. The number of carbonyl (C=O) groups excluding carboxylic acids is 4. The van der Waals surface area contributed by atoms with Gasteiger partial charge in [0.2, 0.25) is 10.3 Å². The molecule has 0 spiro atoms. The van der Waals surface area contributed by atoms with E-state index in [2.05, 4.69) is 44.0 Å². The van der Waals surface area contributed by atoms with Crippen LogP contribution < -0.4 is 0 Å². The van der Waals surface area contributed by atoms with Gasteiger partial charge in [-0.3, -0.25) is 29.0 Å². The van der Waals surface area contributed by atoms with Crippen LogP contribution in [0.15, 0.2) is 68.3 Å². The molecule has 4 aliphatic heterocycles. The van der Waals surface area contributed by atoms with Crippen molar-refractivity contribution in [2.24, 2.45) is 21.8 Å². The molecular formula is C38H30N8O6S2. The number of amides is 4. The van der Waals surface area contributed by atoms with Crippen molar-refractivity contribution in [2.45, 2.75) is 52.7 Å². The Bertz CT molecular complexity index is 2400. The number of hydrogen-bond donors (Lipinski definition) is 0. The van der Waals surface area contributed by atoms with E-state index in [1.165, 1.54) is 36.8 Å². The summed E-state index contributed by atoms with van der Waals surface area (Å²) in [7, 11) is 2.66. The van der Waals surface area contributed by atoms with Gasteiger partial charge in [-0.25, -0.2) is 29.6 Å². The standard InChI is InChI=1S/C38H30N8O6S2/c1-15-23(39-7)31(47)45(9)33(49)25(15)41-35-43-29-27(53-35)19-11-17-14-22-20(12-18(17)13-21(19)51-37(29,3)4)28-30(38(5,6)52-22)44-36(54-28)42-26-16(2)24(40-8)32(48)46(10)34(26)50/h11-14,17-18H,1-6,9-10H3. The lowest BCUT2D eigenvalue weighted by atomic mass is 9.77. The number of carbonyl (C=O) groups is 4. The van der Waals surface area contributed by atoms with Gasteiger partial charge in [0, 0.05) is 37.1 Å². The Kier molecular flexibility index (Phi) is 7.57. The zero-order valence-electron chi connectivity index (χ0n) is 30.3. The summed E-state index contributed by atoms with van der Waals surface area (Å²) in [5.74, 6) is -1.38. The molecule has 2 aromatic rings. The average Bonchev–Trinajstić information content (AvgIpc) is 3.76. The van der Waals surface area contributed by atoms with Crippen molar-refractivity contribution in [3.05, 3.63) is 102 Å². The molecule has 8 rings (SSSR count). The monoisotopic (exact) mass is 758 g/mol. The van der Waals surface area contributed by atoms with Crippen LogP contribution in [0.1, 0.15) is 62.7 Å². The van der Waals surface area contributed by atoms with Gasteiger partial charge in [0.25, 0.3) is 35.0 Å². The van der Waals surface area contributed by atoms with Gasteiger partial charge in [-0.05, 0) is 64.8 Å². The van der Waals surface area contributed by atoms with E-state index in [1.807, 2.05) is 27.7 Å². The fraction of sp³-hybridized carbons (Fsp3) is 0.316. The minimum Gasteiger partial charge on any atom is -0.481 e. The van der Waals surface area contributed by atoms with Crippen molar-refractivity contribution in [3.63, 3.8) is 0 Å². The molecule has 0 N–H and O–H groups in total. The van der Waals surface area contributed by atoms with Gasteiger partial charge in [-0.15, -0.1) is 0 Å². The van der Waals surface area contributed by atoms with Gasteiger partial charge >= 0.3 is 0 Å². The molecule has 0 saturated heterocycles. The van der Waals surface area contributed by atoms with Gasteiger partial charge in [-0.2, -0.15) is 0 Å². The Labute approximate surface area is 317 Å². The number of rotatable bonds is 2. The number of ether oxygens (including phenoxy) is 2. The maximum Gasteiger partial charge on any atom is 0.277 e. The Hall–Kier alpha value is -6.10. The summed E-state index contributed by atoms with van der Waals surface area (Å²) in [6, 6.07) is 0. The van der Waals surface area contributed by atoms with E-state index < -0.39 is 34.8 Å². The van der Waals surface area contributed by atoms with Crippen LogP contribution in [0, 0.1) is 25.0 Å². The molecule has 0 radical (unpaired) electrons. The summed E-state index contributed by atoms with van der Waals surface area (Å²) in [5, 5.41) is 0.608. The van der Waals surface area contributed by atoms with Gasteiger partial charge in [0.15, 0.2) is 0 Å². The summed E-state index contributed by atoms with van der Waals surface area (Å²) in [4.78, 5) is 80.0. The number of fused-ring (bicyclic) bond motifs is 7. The highest BCUT2D eigenvalue weighted by molar-refractivity contribution is 7.17. The van der Waals surface area contributed by atoms with Crippen molar-refractivity contribution < 1.29 is 28.7 Å². The first kappa shape index (κ1) is 35.0. The van der Waals surface area contributed by atoms with Crippen LogP contribution in [0.5, 0.6) is 0 Å². The first-order valence-corrected chi connectivity index (χ1v) is 18.4. The fourth-order valence-corrected chi connectivity index (χ4v) is 9.36. The summed E-state index contributed by atoms with van der Waals surface area (Å²) in [6.45, 7) is 25.7. The molecule has 2 unspecified atom stereocenters. The summed E-state index contributed by atoms with van der Waals surface area (Å²) < 4.78 is 13.1. The quantitative estimate of drug-likeness (QED) is 0.261. The third-order valence-corrected chi connectivity index (χ3v) is 12.0. The number of aromatic nitrogens is 2. The van der Waals surface area contributed by atoms with Crippen LogP contribution in [0.2, 0.25) is 0 Å². The average molecular weight is 759 g/mol. The van der Waals surface area contributed by atoms with Crippen molar-refractivity contribution in [1.29, 1.82) is 0 Å². The van der Waals surface area contributed by atoms with E-state index in [4.69, 9.17) is 32.6 Å². The summed E-state index contributed by atoms with van der Waals surface area (Å²) in [5.41, 5.74) is 1.43. The summed E-state index contributed by atoms with van der Waals surface area (Å²) in [6.07, 6.45) is 8.39. The minimum absolute atomic E-state index is 0.00222. The van der Waals surface area contributed by atoms with Crippen LogP contribution in [0.3, 0.4) is 0 Å². The second-order valence-electron chi connectivity index (χ2n) is 14.4. The van der Waals surface area contributed by atoms with E-state index in [-0.39, 0.29) is 45.8 Å². The van der Waals surface area contributed by atoms with Crippen LogP contribution in [0.4, 0.5) is 10.3 Å². The van der Waals surface area contributed by atoms with E-state index in [1.54, 1.807) is 13.8 Å². The van der Waals surface area contributed by atoms with Gasteiger partial charge < -0.3 is 9.47 Å². The molecule has 0 aromatic carbocycles. The first-order chi connectivity index (χ1) is 25.4. The largest absolute Gasteiger partial charge is 0.481 e. The maximum absolute atomic E-state index is 13.1. The Balaban J connectivity index is 1.17. The highest BCUT2D eigenvalue weighted by Crippen LogP contribution is 2.54. The lowest BCUT2D eigenvalue weighted by molar-refractivity contribution is -0.138. The molecule has 14 nitrogen and oxygen atoms in total. The molecule has 270 valence electrons. The highest BCUT2D eigenvalue weighted by atomic mass is 32.1. The molecule has 2 aliphatic carbocycles. The number of nitrogens with zero attached hydrogens (tertiary/aromatic N) is 8. The number of hydrogen-bond acceptors (Lipinski definition) is 12. The molecule has 0 saturated carbocycles. The third kappa shape index (κ3) is 5.01. The number of thiazole rings is 2. The van der Waals surface area contributed by atoms with Crippen molar-refractivity contribution in [2.75, 3.05) is 14.1 Å². The van der Waals surface area contributed by atoms with E-state index in [9.17, 15) is 19.2 Å². The lowest BCUT2D eigenvalue weighted by Gasteiger charge is -2.39. The maximum atomic E-state index is 13.1. The molecule has 0 bridgehead atoms. The van der Waals surface area contributed by atoms with E-state index in [0.29, 0.717) is 33.2 Å². The normalized spacial score (nSPS) is 25.3. The second kappa shape index (κ2) is 11.7. The van der Waals surface area contributed by atoms with Crippen molar-refractivity contribution in [1.82, 2.24) is 19.8 Å². The fourth-order valence-electron chi connectivity index (χ4n) is 7.12. The molecule has 2 aromatic heterocycles. The Morgan fingerprint density at radius 3 is 1.39 bits per heavy atom. The minimum atomic E-state index is -0.842. The van der Waals surface area contributed by atoms with Crippen LogP contribution in [-0.4, -0.2) is 68.9 Å². The summed E-state index contributed by atoms with van der Waals surface area (Å²) >= 11 is 2.62. The van der Waals surface area contributed by atoms with Crippen LogP contribution in [-0.2, 0) is 39.9 Å². The van der Waals surface area contributed by atoms with E-state index >= 15 is 0 Å². The first-order valence-electron chi connectivity index (χ1n) is 16.7. The smallest absolute Gasteiger partial charge is 0.277 e. The van der Waals surface area contributed by atoms with Gasteiger partial charge in [0.1, 0.15) is 45.5 Å². The van der Waals surface area contributed by atoms with Crippen molar-refractivity contribution >= 4 is 79.1 Å².